The number of urea groups is 1. The molecule has 0 spiro atoms. The Morgan fingerprint density at radius 1 is 0.906 bits per heavy atom. The number of barbiturate groups is 1. The van der Waals surface area contributed by atoms with Crippen LogP contribution in [-0.4, -0.2) is 17.8 Å². The van der Waals surface area contributed by atoms with Crippen LogP contribution in [0.2, 0.25) is 0 Å². The predicted molar refractivity (Wildman–Crippen MR) is 127 cm³/mol. The maximum Gasteiger partial charge on any atom is 0.335 e. The van der Waals surface area contributed by atoms with Crippen LogP contribution in [0.4, 0.5) is 10.5 Å². The standard InChI is InChI=1S/C25H23IN2O4/c26-21-6-5-19(32-21)12-20-23(29)27-25(31)28(24(20)30)18-3-1-15(2-4-18)22-16-8-13-7-14(10-16)11-17(22)9-13/h1-6,12-14,16-17,22H,7-11H2,(H,27,29,31). The minimum Gasteiger partial charge on any atom is -0.451 e. The molecule has 32 heavy (non-hydrogen) atoms. The largest absolute Gasteiger partial charge is 0.451 e. The molecule has 6 nitrogen and oxygen atoms in total. The van der Waals surface area contributed by atoms with E-state index in [2.05, 4.69) is 17.4 Å². The van der Waals surface area contributed by atoms with Crippen LogP contribution < -0.4 is 10.2 Å². The van der Waals surface area contributed by atoms with E-state index in [0.29, 0.717) is 21.1 Å². The highest BCUT2D eigenvalue weighted by Crippen LogP contribution is 2.59. The molecule has 2 aromatic rings. The molecule has 7 rings (SSSR count). The van der Waals surface area contributed by atoms with Gasteiger partial charge in [0.15, 0.2) is 3.77 Å². The number of nitrogens with one attached hydrogen (secondary N) is 1. The number of anilines is 1. The lowest BCUT2D eigenvalue weighted by Gasteiger charge is -2.54. The molecule has 1 N–H and O–H groups in total. The van der Waals surface area contributed by atoms with Crippen molar-refractivity contribution in [3.63, 3.8) is 0 Å². The first-order valence-electron chi connectivity index (χ1n) is 11.2. The highest BCUT2D eigenvalue weighted by Gasteiger charge is 2.48. The average Bonchev–Trinajstić information content (AvgIpc) is 3.16. The van der Waals surface area contributed by atoms with Gasteiger partial charge in [-0.1, -0.05) is 12.1 Å². The summed E-state index contributed by atoms with van der Waals surface area (Å²) < 4.78 is 6.10. The lowest BCUT2D eigenvalue weighted by Crippen LogP contribution is -2.54. The van der Waals surface area contributed by atoms with Gasteiger partial charge in [0.25, 0.3) is 11.8 Å². The summed E-state index contributed by atoms with van der Waals surface area (Å²) in [5, 5.41) is 2.27. The number of amides is 4. The molecular weight excluding hydrogens is 519 g/mol. The molecule has 1 aromatic carbocycles. The van der Waals surface area contributed by atoms with Crippen molar-refractivity contribution < 1.29 is 18.8 Å². The zero-order valence-electron chi connectivity index (χ0n) is 17.4. The summed E-state index contributed by atoms with van der Waals surface area (Å²) in [5.74, 6) is 2.98. The maximum absolute atomic E-state index is 13.1. The molecule has 164 valence electrons. The van der Waals surface area contributed by atoms with Crippen LogP contribution in [0.1, 0.15) is 49.3 Å². The summed E-state index contributed by atoms with van der Waals surface area (Å²) in [6.45, 7) is 0. The quantitative estimate of drug-likeness (QED) is 0.333. The summed E-state index contributed by atoms with van der Waals surface area (Å²) in [7, 11) is 0. The Morgan fingerprint density at radius 3 is 2.16 bits per heavy atom. The Bertz CT molecular complexity index is 1120. The molecule has 5 fully saturated rings. The van der Waals surface area contributed by atoms with Crippen molar-refractivity contribution >= 4 is 52.2 Å². The van der Waals surface area contributed by atoms with Crippen LogP contribution in [0.25, 0.3) is 6.08 Å². The average molecular weight is 542 g/mol. The third-order valence-electron chi connectivity index (χ3n) is 7.75. The van der Waals surface area contributed by atoms with Crippen molar-refractivity contribution in [2.45, 2.75) is 38.0 Å². The molecule has 4 amide bonds. The normalized spacial score (nSPS) is 32.7. The van der Waals surface area contributed by atoms with Crippen molar-refractivity contribution in [3.8, 4) is 0 Å². The summed E-state index contributed by atoms with van der Waals surface area (Å²) >= 11 is 2.01. The van der Waals surface area contributed by atoms with E-state index in [4.69, 9.17) is 4.42 Å². The summed E-state index contributed by atoms with van der Waals surface area (Å²) in [5.41, 5.74) is 1.65. The minimum absolute atomic E-state index is 0.125. The van der Waals surface area contributed by atoms with Gasteiger partial charge in [0.2, 0.25) is 0 Å². The Labute approximate surface area is 199 Å². The number of furan rings is 1. The SMILES string of the molecule is O=C1NC(=O)N(c2ccc(C3C4CC5CC(C4)CC3C5)cc2)C(=O)C1=Cc1ccc(I)o1. The minimum atomic E-state index is -0.728. The maximum atomic E-state index is 13.1. The van der Waals surface area contributed by atoms with E-state index in [1.807, 2.05) is 34.7 Å². The van der Waals surface area contributed by atoms with E-state index in [-0.39, 0.29) is 5.57 Å². The Balaban J connectivity index is 1.27. The summed E-state index contributed by atoms with van der Waals surface area (Å²) in [6.07, 6.45) is 8.17. The van der Waals surface area contributed by atoms with Crippen molar-refractivity contribution in [2.75, 3.05) is 4.90 Å². The van der Waals surface area contributed by atoms with Gasteiger partial charge < -0.3 is 4.42 Å². The van der Waals surface area contributed by atoms with E-state index in [9.17, 15) is 14.4 Å². The number of carbonyl (C=O) groups excluding carboxylic acids is 3. The van der Waals surface area contributed by atoms with Gasteiger partial charge in [-0.25, -0.2) is 9.69 Å². The first kappa shape index (κ1) is 20.2. The lowest BCUT2D eigenvalue weighted by atomic mass is 9.51. The highest BCUT2D eigenvalue weighted by atomic mass is 127. The molecule has 1 saturated heterocycles. The third kappa shape index (κ3) is 3.32. The predicted octanol–water partition coefficient (Wildman–Crippen LogP) is 5.09. The molecule has 1 aromatic heterocycles. The number of nitrogens with zero attached hydrogens (tertiary/aromatic N) is 1. The van der Waals surface area contributed by atoms with Gasteiger partial charge >= 0.3 is 6.03 Å². The second kappa shape index (κ2) is 7.57. The number of halogens is 1. The number of benzene rings is 1. The fraction of sp³-hybridized carbons (Fsp3) is 0.400. The molecular formula is C25H23IN2O4. The van der Waals surface area contributed by atoms with Crippen LogP contribution in [-0.2, 0) is 9.59 Å². The smallest absolute Gasteiger partial charge is 0.335 e. The Hall–Kier alpha value is -2.42. The monoisotopic (exact) mass is 542 g/mol. The third-order valence-corrected chi connectivity index (χ3v) is 8.32. The Morgan fingerprint density at radius 2 is 1.56 bits per heavy atom. The summed E-state index contributed by atoms with van der Waals surface area (Å²) in [6, 6.07) is 10.5. The number of hydrogen-bond acceptors (Lipinski definition) is 4. The number of hydrogen-bond donors (Lipinski definition) is 1. The molecule has 0 radical (unpaired) electrons. The second-order valence-corrected chi connectivity index (χ2v) is 10.7. The molecule has 0 unspecified atom stereocenters. The zero-order valence-corrected chi connectivity index (χ0v) is 19.6. The van der Waals surface area contributed by atoms with Crippen LogP contribution in [0.15, 0.2) is 46.4 Å². The molecule has 5 aliphatic rings. The number of carbonyl (C=O) groups is 3. The molecule has 2 heterocycles. The van der Waals surface area contributed by atoms with Crippen LogP contribution in [0.5, 0.6) is 0 Å². The molecule has 4 saturated carbocycles. The molecule has 4 aliphatic carbocycles. The van der Waals surface area contributed by atoms with Crippen molar-refractivity contribution in [3.05, 3.63) is 57.1 Å². The van der Waals surface area contributed by atoms with Crippen molar-refractivity contribution in [2.24, 2.45) is 23.7 Å². The van der Waals surface area contributed by atoms with Gasteiger partial charge in [-0.2, -0.15) is 0 Å². The fourth-order valence-electron chi connectivity index (χ4n) is 6.76. The van der Waals surface area contributed by atoms with Gasteiger partial charge in [-0.3, -0.25) is 14.9 Å². The van der Waals surface area contributed by atoms with Crippen molar-refractivity contribution in [1.82, 2.24) is 5.32 Å². The number of imide groups is 2. The first-order chi connectivity index (χ1) is 15.5. The molecule has 1 aliphatic heterocycles. The van der Waals surface area contributed by atoms with Gasteiger partial charge in [0, 0.05) is 0 Å². The molecule has 4 bridgehead atoms. The Kier molecular flexibility index (Phi) is 4.78. The first-order valence-corrected chi connectivity index (χ1v) is 12.3. The second-order valence-electron chi connectivity index (χ2n) is 9.65. The van der Waals surface area contributed by atoms with Gasteiger partial charge in [-0.05, 0) is 120 Å². The lowest BCUT2D eigenvalue weighted by molar-refractivity contribution is -0.122. The van der Waals surface area contributed by atoms with Crippen LogP contribution >= 0.6 is 22.6 Å². The topological polar surface area (TPSA) is 79.6 Å². The van der Waals surface area contributed by atoms with E-state index in [1.54, 1.807) is 12.1 Å². The van der Waals surface area contributed by atoms with E-state index in [0.717, 1.165) is 28.6 Å². The zero-order chi connectivity index (χ0) is 22.0. The summed E-state index contributed by atoms with van der Waals surface area (Å²) in [4.78, 5) is 38.9. The number of rotatable bonds is 3. The molecule has 0 atom stereocenters. The van der Waals surface area contributed by atoms with E-state index >= 15 is 0 Å². The van der Waals surface area contributed by atoms with E-state index in [1.165, 1.54) is 43.7 Å². The van der Waals surface area contributed by atoms with Crippen LogP contribution in [0, 0.1) is 27.4 Å². The molecule has 7 heteroatoms. The van der Waals surface area contributed by atoms with Gasteiger partial charge in [0.1, 0.15) is 11.3 Å². The van der Waals surface area contributed by atoms with E-state index < -0.39 is 17.8 Å². The van der Waals surface area contributed by atoms with Crippen LogP contribution in [0.3, 0.4) is 0 Å². The van der Waals surface area contributed by atoms with Gasteiger partial charge in [-0.15, -0.1) is 0 Å². The van der Waals surface area contributed by atoms with Gasteiger partial charge in [0.05, 0.1) is 5.69 Å². The van der Waals surface area contributed by atoms with Crippen molar-refractivity contribution in [1.29, 1.82) is 0 Å². The highest BCUT2D eigenvalue weighted by molar-refractivity contribution is 14.1. The fourth-order valence-corrected chi connectivity index (χ4v) is 7.19.